The summed E-state index contributed by atoms with van der Waals surface area (Å²) in [7, 11) is 1.79. The Balaban J connectivity index is 1.64. The number of hydrogen-bond acceptors (Lipinski definition) is 3. The van der Waals surface area contributed by atoms with Crippen LogP contribution in [0, 0.1) is 13.8 Å². The van der Waals surface area contributed by atoms with Gasteiger partial charge in [-0.25, -0.2) is 0 Å². The van der Waals surface area contributed by atoms with Crippen LogP contribution in [0.25, 0.3) is 0 Å². The van der Waals surface area contributed by atoms with E-state index in [9.17, 15) is 9.59 Å². The molecule has 1 fully saturated rings. The quantitative estimate of drug-likeness (QED) is 0.843. The highest BCUT2D eigenvalue weighted by molar-refractivity contribution is 5.96. The molecule has 0 aliphatic carbocycles. The first-order valence-corrected chi connectivity index (χ1v) is 8.09. The van der Waals surface area contributed by atoms with E-state index in [4.69, 9.17) is 0 Å². The number of amides is 2. The molecule has 0 radical (unpaired) electrons. The molecule has 0 spiro atoms. The lowest BCUT2D eigenvalue weighted by atomic mass is 10.1. The van der Waals surface area contributed by atoms with E-state index < -0.39 is 0 Å². The molecule has 126 valence electrons. The summed E-state index contributed by atoms with van der Waals surface area (Å²) < 4.78 is 1.62. The summed E-state index contributed by atoms with van der Waals surface area (Å²) in [5.74, 6) is 0.0110. The minimum atomic E-state index is -0.0263. The lowest BCUT2D eigenvalue weighted by Crippen LogP contribution is -2.50. The van der Waals surface area contributed by atoms with Crippen LogP contribution in [-0.4, -0.2) is 57.6 Å². The van der Waals surface area contributed by atoms with Crippen LogP contribution in [0.1, 0.15) is 31.8 Å². The number of rotatable bonds is 2. The van der Waals surface area contributed by atoms with Crippen LogP contribution in [0.4, 0.5) is 0 Å². The second-order valence-corrected chi connectivity index (χ2v) is 6.36. The van der Waals surface area contributed by atoms with Crippen molar-refractivity contribution in [3.05, 3.63) is 52.8 Å². The number of aryl methyl sites for hydroxylation is 3. The number of benzene rings is 1. The van der Waals surface area contributed by atoms with E-state index >= 15 is 0 Å². The zero-order valence-corrected chi connectivity index (χ0v) is 14.3. The maximum atomic E-state index is 12.7. The highest BCUT2D eigenvalue weighted by atomic mass is 16.2. The van der Waals surface area contributed by atoms with Gasteiger partial charge >= 0.3 is 0 Å². The molecule has 1 aromatic heterocycles. The molecule has 1 aliphatic rings. The highest BCUT2D eigenvalue weighted by Crippen LogP contribution is 2.14. The van der Waals surface area contributed by atoms with Crippen molar-refractivity contribution in [3.8, 4) is 0 Å². The van der Waals surface area contributed by atoms with Crippen molar-refractivity contribution in [2.75, 3.05) is 26.2 Å². The van der Waals surface area contributed by atoms with E-state index in [1.54, 1.807) is 29.0 Å². The van der Waals surface area contributed by atoms with Gasteiger partial charge in [0.05, 0.1) is 11.8 Å². The summed E-state index contributed by atoms with van der Waals surface area (Å²) >= 11 is 0. The third-order valence-corrected chi connectivity index (χ3v) is 4.27. The highest BCUT2D eigenvalue weighted by Gasteiger charge is 2.26. The maximum absolute atomic E-state index is 12.7. The van der Waals surface area contributed by atoms with Gasteiger partial charge in [-0.05, 0) is 26.0 Å². The fourth-order valence-corrected chi connectivity index (χ4v) is 3.11. The SMILES string of the molecule is Cc1cc(C)cc(C(=O)N2CCN(C(=O)c3cnn(C)c3)CC2)c1. The van der Waals surface area contributed by atoms with Crippen LogP contribution < -0.4 is 0 Å². The van der Waals surface area contributed by atoms with Crippen molar-refractivity contribution < 1.29 is 9.59 Å². The third kappa shape index (κ3) is 3.32. The molecule has 2 heterocycles. The van der Waals surface area contributed by atoms with Gasteiger partial charge in [0.1, 0.15) is 0 Å². The monoisotopic (exact) mass is 326 g/mol. The van der Waals surface area contributed by atoms with Crippen LogP contribution in [0.15, 0.2) is 30.6 Å². The number of carbonyl (C=O) groups excluding carboxylic acids is 2. The van der Waals surface area contributed by atoms with E-state index in [1.807, 2.05) is 30.9 Å². The predicted octanol–water partition coefficient (Wildman–Crippen LogP) is 1.64. The number of nitrogens with zero attached hydrogens (tertiary/aromatic N) is 4. The van der Waals surface area contributed by atoms with Crippen LogP contribution in [-0.2, 0) is 7.05 Å². The Kier molecular flexibility index (Phi) is 4.38. The fraction of sp³-hybridized carbons (Fsp3) is 0.389. The minimum absolute atomic E-state index is 0.0263. The molecule has 0 atom stereocenters. The van der Waals surface area contributed by atoms with Crippen molar-refractivity contribution in [2.24, 2.45) is 7.05 Å². The Labute approximate surface area is 141 Å². The summed E-state index contributed by atoms with van der Waals surface area (Å²) in [6.07, 6.45) is 3.30. The van der Waals surface area contributed by atoms with Gasteiger partial charge in [0.25, 0.3) is 11.8 Å². The molecule has 1 saturated heterocycles. The lowest BCUT2D eigenvalue weighted by Gasteiger charge is -2.34. The van der Waals surface area contributed by atoms with Crippen molar-refractivity contribution >= 4 is 11.8 Å². The molecule has 2 aromatic rings. The zero-order chi connectivity index (χ0) is 17.3. The molecule has 6 nitrogen and oxygen atoms in total. The van der Waals surface area contributed by atoms with Gasteiger partial charge in [-0.1, -0.05) is 17.2 Å². The summed E-state index contributed by atoms with van der Waals surface area (Å²) in [4.78, 5) is 28.7. The van der Waals surface area contributed by atoms with Crippen molar-refractivity contribution in [2.45, 2.75) is 13.8 Å². The molecular weight excluding hydrogens is 304 g/mol. The molecule has 1 aliphatic heterocycles. The van der Waals surface area contributed by atoms with Crippen LogP contribution in [0.2, 0.25) is 0 Å². The van der Waals surface area contributed by atoms with Crippen molar-refractivity contribution in [3.63, 3.8) is 0 Å². The van der Waals surface area contributed by atoms with Crippen molar-refractivity contribution in [1.82, 2.24) is 19.6 Å². The molecular formula is C18H22N4O2. The van der Waals surface area contributed by atoms with Crippen LogP contribution in [0.5, 0.6) is 0 Å². The Morgan fingerprint density at radius 1 is 0.875 bits per heavy atom. The van der Waals surface area contributed by atoms with Crippen LogP contribution in [0.3, 0.4) is 0 Å². The summed E-state index contributed by atoms with van der Waals surface area (Å²) in [6, 6.07) is 5.90. The Morgan fingerprint density at radius 3 is 1.83 bits per heavy atom. The Hall–Kier alpha value is -2.63. The molecule has 6 heteroatoms. The van der Waals surface area contributed by atoms with Gasteiger partial charge in [-0.3, -0.25) is 14.3 Å². The number of hydrogen-bond donors (Lipinski definition) is 0. The van der Waals surface area contributed by atoms with Gasteiger partial charge in [0.15, 0.2) is 0 Å². The molecule has 24 heavy (non-hydrogen) atoms. The predicted molar refractivity (Wildman–Crippen MR) is 90.9 cm³/mol. The molecule has 0 N–H and O–H groups in total. The van der Waals surface area contributed by atoms with Crippen molar-refractivity contribution in [1.29, 1.82) is 0 Å². The fourth-order valence-electron chi connectivity index (χ4n) is 3.11. The standard InChI is InChI=1S/C18H22N4O2/c1-13-8-14(2)10-15(9-13)17(23)21-4-6-22(7-5-21)18(24)16-11-19-20(3)12-16/h8-12H,4-7H2,1-3H3. The second kappa shape index (κ2) is 6.47. The summed E-state index contributed by atoms with van der Waals surface area (Å²) in [5, 5.41) is 4.04. The summed E-state index contributed by atoms with van der Waals surface area (Å²) in [6.45, 7) is 6.19. The van der Waals surface area contributed by atoms with E-state index in [-0.39, 0.29) is 11.8 Å². The molecule has 0 bridgehead atoms. The first kappa shape index (κ1) is 16.2. The van der Waals surface area contributed by atoms with Gasteiger partial charge in [0.2, 0.25) is 0 Å². The first-order chi connectivity index (χ1) is 11.4. The largest absolute Gasteiger partial charge is 0.335 e. The van der Waals surface area contributed by atoms with E-state index in [1.165, 1.54) is 0 Å². The number of carbonyl (C=O) groups is 2. The molecule has 3 rings (SSSR count). The molecule has 2 amide bonds. The number of aromatic nitrogens is 2. The van der Waals surface area contributed by atoms with E-state index in [0.29, 0.717) is 31.7 Å². The number of piperazine rings is 1. The zero-order valence-electron chi connectivity index (χ0n) is 14.3. The Morgan fingerprint density at radius 2 is 1.38 bits per heavy atom. The van der Waals surface area contributed by atoms with Gasteiger partial charge in [-0.15, -0.1) is 0 Å². The average molecular weight is 326 g/mol. The molecule has 0 unspecified atom stereocenters. The minimum Gasteiger partial charge on any atom is -0.335 e. The third-order valence-electron chi connectivity index (χ3n) is 4.27. The van der Waals surface area contributed by atoms with Gasteiger partial charge in [-0.2, -0.15) is 5.10 Å². The van der Waals surface area contributed by atoms with Crippen LogP contribution >= 0.6 is 0 Å². The normalized spacial score (nSPS) is 14.8. The lowest BCUT2D eigenvalue weighted by molar-refractivity contribution is 0.0535. The average Bonchev–Trinajstić information content (AvgIpc) is 2.99. The topological polar surface area (TPSA) is 58.4 Å². The second-order valence-electron chi connectivity index (χ2n) is 6.36. The maximum Gasteiger partial charge on any atom is 0.257 e. The Bertz CT molecular complexity index is 753. The molecule has 0 saturated carbocycles. The van der Waals surface area contributed by atoms with E-state index in [2.05, 4.69) is 11.2 Å². The smallest absolute Gasteiger partial charge is 0.257 e. The van der Waals surface area contributed by atoms with E-state index in [0.717, 1.165) is 16.7 Å². The summed E-state index contributed by atoms with van der Waals surface area (Å²) in [5.41, 5.74) is 3.48. The van der Waals surface area contributed by atoms with Gasteiger partial charge in [0, 0.05) is 45.0 Å². The molecule has 1 aromatic carbocycles. The van der Waals surface area contributed by atoms with Gasteiger partial charge < -0.3 is 9.80 Å². The first-order valence-electron chi connectivity index (χ1n) is 8.09.